The van der Waals surface area contributed by atoms with Gasteiger partial charge in [-0.15, -0.1) is 0 Å². The minimum Gasteiger partial charge on any atom is -0.497 e. The van der Waals surface area contributed by atoms with E-state index in [9.17, 15) is 0 Å². The van der Waals surface area contributed by atoms with Crippen LogP contribution >= 0.6 is 0 Å². The van der Waals surface area contributed by atoms with Gasteiger partial charge in [-0.3, -0.25) is 4.99 Å². The number of ether oxygens (including phenoxy) is 1. The fraction of sp³-hybridized carbons (Fsp3) is 0.478. The molecule has 6 nitrogen and oxygen atoms in total. The van der Waals surface area contributed by atoms with E-state index in [4.69, 9.17) is 4.74 Å². The molecule has 0 bridgehead atoms. The largest absolute Gasteiger partial charge is 0.497 e. The average Bonchev–Trinajstić information content (AvgIpc) is 2.77. The number of benzene rings is 1. The molecule has 0 unspecified atom stereocenters. The average molecular weight is 396 g/mol. The van der Waals surface area contributed by atoms with Gasteiger partial charge in [0, 0.05) is 39.4 Å². The maximum atomic E-state index is 5.20. The number of guanidine groups is 1. The lowest BCUT2D eigenvalue weighted by Crippen LogP contribution is -2.38. The smallest absolute Gasteiger partial charge is 0.191 e. The summed E-state index contributed by atoms with van der Waals surface area (Å²) in [5.74, 6) is 3.60. The second-order valence-corrected chi connectivity index (χ2v) is 7.64. The number of aliphatic imine (C=N–C) groups is 1. The van der Waals surface area contributed by atoms with Crippen molar-refractivity contribution in [1.82, 2.24) is 15.6 Å². The maximum Gasteiger partial charge on any atom is 0.191 e. The second-order valence-electron chi connectivity index (χ2n) is 7.64. The van der Waals surface area contributed by atoms with Crippen LogP contribution in [-0.4, -0.2) is 44.7 Å². The van der Waals surface area contributed by atoms with Crippen LogP contribution in [-0.2, 0) is 13.0 Å². The highest BCUT2D eigenvalue weighted by molar-refractivity contribution is 5.79. The number of anilines is 1. The Balaban J connectivity index is 1.41. The van der Waals surface area contributed by atoms with Crippen molar-refractivity contribution in [2.24, 2.45) is 10.9 Å². The van der Waals surface area contributed by atoms with Crippen molar-refractivity contribution in [2.75, 3.05) is 38.7 Å². The van der Waals surface area contributed by atoms with Crippen molar-refractivity contribution in [3.05, 3.63) is 53.7 Å². The van der Waals surface area contributed by atoms with E-state index in [0.29, 0.717) is 6.54 Å². The van der Waals surface area contributed by atoms with Crippen molar-refractivity contribution < 1.29 is 4.74 Å². The molecular formula is C23H33N5O. The highest BCUT2D eigenvalue weighted by Crippen LogP contribution is 2.21. The van der Waals surface area contributed by atoms with E-state index in [0.717, 1.165) is 55.1 Å². The van der Waals surface area contributed by atoms with Crippen LogP contribution < -0.4 is 20.3 Å². The van der Waals surface area contributed by atoms with Gasteiger partial charge in [0.2, 0.25) is 0 Å². The normalized spacial score (nSPS) is 15.3. The number of hydrogen-bond acceptors (Lipinski definition) is 4. The van der Waals surface area contributed by atoms with Gasteiger partial charge in [-0.1, -0.05) is 25.1 Å². The Hall–Kier alpha value is -2.76. The van der Waals surface area contributed by atoms with Gasteiger partial charge >= 0.3 is 0 Å². The van der Waals surface area contributed by atoms with Gasteiger partial charge < -0.3 is 20.3 Å². The van der Waals surface area contributed by atoms with Crippen molar-refractivity contribution in [3.8, 4) is 5.75 Å². The number of nitrogens with one attached hydrogen (secondary N) is 2. The predicted molar refractivity (Wildman–Crippen MR) is 120 cm³/mol. The van der Waals surface area contributed by atoms with Crippen molar-refractivity contribution in [1.29, 1.82) is 0 Å². The maximum absolute atomic E-state index is 5.20. The van der Waals surface area contributed by atoms with Crippen LogP contribution in [0.1, 0.15) is 30.9 Å². The molecule has 2 aromatic rings. The van der Waals surface area contributed by atoms with E-state index < -0.39 is 0 Å². The number of pyridine rings is 1. The molecule has 156 valence electrons. The van der Waals surface area contributed by atoms with Crippen LogP contribution in [0.5, 0.6) is 5.75 Å². The van der Waals surface area contributed by atoms with E-state index >= 15 is 0 Å². The Kier molecular flexibility index (Phi) is 7.73. The zero-order chi connectivity index (χ0) is 20.5. The van der Waals surface area contributed by atoms with Crippen molar-refractivity contribution >= 4 is 11.8 Å². The second kappa shape index (κ2) is 10.7. The first-order valence-corrected chi connectivity index (χ1v) is 10.4. The standard InChI is InChI=1S/C23H33N5O/c1-18-11-14-28(15-12-18)22-9-6-20(16-26-22)17-27-23(24-2)25-13-10-19-4-7-21(29-3)8-5-19/h4-9,16,18H,10-15,17H2,1-3H3,(H2,24,25,27). The molecule has 1 fully saturated rings. The van der Waals surface area contributed by atoms with E-state index in [1.165, 1.54) is 18.4 Å². The molecule has 0 amide bonds. The minimum atomic E-state index is 0.701. The number of piperidine rings is 1. The van der Waals surface area contributed by atoms with E-state index in [2.05, 4.69) is 56.7 Å². The van der Waals surface area contributed by atoms with Crippen molar-refractivity contribution in [2.45, 2.75) is 32.7 Å². The molecule has 2 N–H and O–H groups in total. The zero-order valence-corrected chi connectivity index (χ0v) is 17.8. The summed E-state index contributed by atoms with van der Waals surface area (Å²) in [5.41, 5.74) is 2.41. The van der Waals surface area contributed by atoms with Gasteiger partial charge in [0.05, 0.1) is 7.11 Å². The molecule has 1 aliphatic heterocycles. The molecule has 0 atom stereocenters. The molecule has 2 heterocycles. The number of nitrogens with zero attached hydrogens (tertiary/aromatic N) is 3. The molecule has 1 aromatic heterocycles. The summed E-state index contributed by atoms with van der Waals surface area (Å²) in [6.45, 7) is 6.06. The third kappa shape index (κ3) is 6.38. The summed E-state index contributed by atoms with van der Waals surface area (Å²) in [6.07, 6.45) is 5.40. The van der Waals surface area contributed by atoms with Crippen LogP contribution in [0, 0.1) is 5.92 Å². The Bertz CT molecular complexity index is 765. The lowest BCUT2D eigenvalue weighted by Gasteiger charge is -2.31. The molecule has 6 heteroatoms. The first-order valence-electron chi connectivity index (χ1n) is 10.4. The Morgan fingerprint density at radius 1 is 1.10 bits per heavy atom. The first-order chi connectivity index (χ1) is 14.2. The molecule has 29 heavy (non-hydrogen) atoms. The first kappa shape index (κ1) is 21.0. The molecule has 1 aromatic carbocycles. The van der Waals surface area contributed by atoms with Gasteiger partial charge in [0.1, 0.15) is 11.6 Å². The summed E-state index contributed by atoms with van der Waals surface area (Å²) >= 11 is 0. The van der Waals surface area contributed by atoms with E-state index in [1.54, 1.807) is 14.2 Å². The minimum absolute atomic E-state index is 0.701. The fourth-order valence-electron chi connectivity index (χ4n) is 3.47. The van der Waals surface area contributed by atoms with Gasteiger partial charge in [0.15, 0.2) is 5.96 Å². The molecule has 0 radical (unpaired) electrons. The Labute approximate surface area is 174 Å². The van der Waals surface area contributed by atoms with Gasteiger partial charge in [-0.2, -0.15) is 0 Å². The summed E-state index contributed by atoms with van der Waals surface area (Å²) in [4.78, 5) is 11.4. The Morgan fingerprint density at radius 3 is 2.45 bits per heavy atom. The molecule has 3 rings (SSSR count). The zero-order valence-electron chi connectivity index (χ0n) is 17.8. The fourth-order valence-corrected chi connectivity index (χ4v) is 3.47. The monoisotopic (exact) mass is 395 g/mol. The summed E-state index contributed by atoms with van der Waals surface area (Å²) in [7, 11) is 3.48. The number of rotatable bonds is 7. The number of hydrogen-bond donors (Lipinski definition) is 2. The topological polar surface area (TPSA) is 61.8 Å². The van der Waals surface area contributed by atoms with Gasteiger partial charge in [-0.05, 0) is 54.5 Å². The van der Waals surface area contributed by atoms with Crippen molar-refractivity contribution in [3.63, 3.8) is 0 Å². The lowest BCUT2D eigenvalue weighted by atomic mass is 9.99. The van der Waals surface area contributed by atoms with Crippen LogP contribution in [0.15, 0.2) is 47.6 Å². The molecular weight excluding hydrogens is 362 g/mol. The molecule has 0 saturated carbocycles. The van der Waals surface area contributed by atoms with E-state index in [1.807, 2.05) is 18.3 Å². The molecule has 1 aliphatic rings. The molecule has 0 aliphatic carbocycles. The number of methoxy groups -OCH3 is 1. The Morgan fingerprint density at radius 2 is 1.83 bits per heavy atom. The quantitative estimate of drug-likeness (QED) is 0.557. The molecule has 1 saturated heterocycles. The number of aromatic nitrogens is 1. The van der Waals surface area contributed by atoms with Crippen LogP contribution in [0.3, 0.4) is 0 Å². The third-order valence-electron chi connectivity index (χ3n) is 5.47. The summed E-state index contributed by atoms with van der Waals surface area (Å²) in [5, 5.41) is 6.72. The van der Waals surface area contributed by atoms with E-state index in [-0.39, 0.29) is 0 Å². The van der Waals surface area contributed by atoms with Crippen LogP contribution in [0.25, 0.3) is 0 Å². The van der Waals surface area contributed by atoms with Gasteiger partial charge in [-0.25, -0.2) is 4.98 Å². The SMILES string of the molecule is CN=C(NCCc1ccc(OC)cc1)NCc1ccc(N2CCC(C)CC2)nc1. The van der Waals surface area contributed by atoms with Crippen LogP contribution in [0.4, 0.5) is 5.82 Å². The molecule has 0 spiro atoms. The summed E-state index contributed by atoms with van der Waals surface area (Å²) in [6, 6.07) is 12.4. The lowest BCUT2D eigenvalue weighted by molar-refractivity contribution is 0.414. The highest BCUT2D eigenvalue weighted by atomic mass is 16.5. The van der Waals surface area contributed by atoms with Crippen LogP contribution in [0.2, 0.25) is 0 Å². The predicted octanol–water partition coefficient (Wildman–Crippen LogP) is 3.23. The highest BCUT2D eigenvalue weighted by Gasteiger charge is 2.16. The summed E-state index contributed by atoms with van der Waals surface area (Å²) < 4.78 is 5.20. The van der Waals surface area contributed by atoms with Gasteiger partial charge in [0.25, 0.3) is 0 Å². The third-order valence-corrected chi connectivity index (χ3v) is 5.47.